The number of unbranched alkanes of at least 4 members (excludes halogenated alkanes) is 1. The summed E-state index contributed by atoms with van der Waals surface area (Å²) in [6.45, 7) is 11.6. The highest BCUT2D eigenvalue weighted by Gasteiger charge is 2.43. The number of hydrogen-bond acceptors (Lipinski definition) is 3. The fourth-order valence-corrected chi connectivity index (χ4v) is 3.88. The summed E-state index contributed by atoms with van der Waals surface area (Å²) < 4.78 is 34.4. The molecule has 0 N–H and O–H groups in total. The summed E-state index contributed by atoms with van der Waals surface area (Å²) in [5.74, 6) is -0.275. The van der Waals surface area contributed by atoms with Gasteiger partial charge in [0.25, 0.3) is 0 Å². The second kappa shape index (κ2) is 5.78. The van der Waals surface area contributed by atoms with Crippen molar-refractivity contribution in [3.63, 3.8) is 0 Å². The first-order chi connectivity index (χ1) is 10.0. The molecule has 0 aromatic heterocycles. The molecule has 122 valence electrons. The van der Waals surface area contributed by atoms with Crippen molar-refractivity contribution in [2.24, 2.45) is 0 Å². The summed E-state index contributed by atoms with van der Waals surface area (Å²) >= 11 is 0. The third kappa shape index (κ3) is 3.25. The zero-order valence-electron chi connectivity index (χ0n) is 14.1. The molecule has 0 saturated carbocycles. The highest BCUT2D eigenvalue weighted by atomic mass is 32.2. The van der Waals surface area contributed by atoms with Crippen LogP contribution in [-0.4, -0.2) is 35.6 Å². The SMILES string of the molecule is CC1=[N+](CCCCS(=O)(=O)[O-])c2c(C)cc(C)cc2C1(C)C. The fraction of sp³-hybridized carbons (Fsp3) is 0.588. The lowest BCUT2D eigenvalue weighted by molar-refractivity contribution is -0.440. The zero-order valence-corrected chi connectivity index (χ0v) is 14.9. The van der Waals surface area contributed by atoms with Gasteiger partial charge in [0.15, 0.2) is 5.71 Å². The van der Waals surface area contributed by atoms with Crippen molar-refractivity contribution in [1.82, 2.24) is 0 Å². The van der Waals surface area contributed by atoms with Crippen LogP contribution in [-0.2, 0) is 15.5 Å². The van der Waals surface area contributed by atoms with Crippen LogP contribution >= 0.6 is 0 Å². The Labute approximate surface area is 133 Å². The van der Waals surface area contributed by atoms with Gasteiger partial charge in [-0.2, -0.15) is 4.58 Å². The average molecular weight is 323 g/mol. The van der Waals surface area contributed by atoms with Gasteiger partial charge in [-0.05, 0) is 46.2 Å². The lowest BCUT2D eigenvalue weighted by Gasteiger charge is -2.15. The third-order valence-electron chi connectivity index (χ3n) is 4.72. The maximum atomic E-state index is 10.7. The molecule has 0 amide bonds. The van der Waals surface area contributed by atoms with Crippen LogP contribution in [0.1, 0.15) is 50.3 Å². The number of hydrogen-bond donors (Lipinski definition) is 0. The van der Waals surface area contributed by atoms with Gasteiger partial charge in [-0.25, -0.2) is 8.42 Å². The summed E-state index contributed by atoms with van der Waals surface area (Å²) in [6.07, 6.45) is 1.11. The van der Waals surface area contributed by atoms with Gasteiger partial charge >= 0.3 is 0 Å². The molecule has 5 heteroatoms. The molecule has 4 nitrogen and oxygen atoms in total. The van der Waals surface area contributed by atoms with Crippen LogP contribution in [0.2, 0.25) is 0 Å². The Bertz CT molecular complexity index is 731. The molecule has 0 bridgehead atoms. The van der Waals surface area contributed by atoms with Crippen LogP contribution in [0.4, 0.5) is 5.69 Å². The van der Waals surface area contributed by atoms with Crippen molar-refractivity contribution in [3.8, 4) is 0 Å². The second-order valence-corrected chi connectivity index (χ2v) is 8.33. The minimum Gasteiger partial charge on any atom is -0.748 e. The van der Waals surface area contributed by atoms with E-state index < -0.39 is 10.1 Å². The first-order valence-corrected chi connectivity index (χ1v) is 9.28. The predicted octanol–water partition coefficient (Wildman–Crippen LogP) is 3.02. The van der Waals surface area contributed by atoms with E-state index in [2.05, 4.69) is 51.3 Å². The molecule has 0 saturated heterocycles. The molecule has 0 radical (unpaired) electrons. The smallest absolute Gasteiger partial charge is 0.212 e. The molecule has 1 aliphatic rings. The maximum absolute atomic E-state index is 10.7. The van der Waals surface area contributed by atoms with Crippen molar-refractivity contribution in [2.45, 2.75) is 52.9 Å². The van der Waals surface area contributed by atoms with Gasteiger partial charge in [0.2, 0.25) is 5.69 Å². The molecule has 1 heterocycles. The summed E-state index contributed by atoms with van der Waals surface area (Å²) in [5, 5.41) is 0. The van der Waals surface area contributed by atoms with Crippen LogP contribution in [0, 0.1) is 13.8 Å². The van der Waals surface area contributed by atoms with Gasteiger partial charge in [-0.1, -0.05) is 5.56 Å². The Morgan fingerprint density at radius 2 is 1.77 bits per heavy atom. The maximum Gasteiger partial charge on any atom is 0.212 e. The van der Waals surface area contributed by atoms with Crippen LogP contribution in [0.5, 0.6) is 0 Å². The molecule has 0 unspecified atom stereocenters. The Morgan fingerprint density at radius 1 is 1.14 bits per heavy atom. The average Bonchev–Trinajstić information content (AvgIpc) is 2.55. The summed E-state index contributed by atoms with van der Waals surface area (Å²) in [6, 6.07) is 4.43. The number of nitrogens with zero attached hydrogens (tertiary/aromatic N) is 1. The van der Waals surface area contributed by atoms with Crippen molar-refractivity contribution in [1.29, 1.82) is 0 Å². The van der Waals surface area contributed by atoms with E-state index in [4.69, 9.17) is 0 Å². The molecule has 2 rings (SSSR count). The van der Waals surface area contributed by atoms with Crippen LogP contribution in [0.25, 0.3) is 0 Å². The monoisotopic (exact) mass is 323 g/mol. The number of rotatable bonds is 5. The fourth-order valence-electron chi connectivity index (χ4n) is 3.32. The highest BCUT2D eigenvalue weighted by molar-refractivity contribution is 7.85. The minimum absolute atomic E-state index is 0.0171. The summed E-state index contributed by atoms with van der Waals surface area (Å²) in [4.78, 5) is 0. The molecular formula is C17H25NO3S. The first-order valence-electron chi connectivity index (χ1n) is 7.71. The molecule has 1 aromatic carbocycles. The van der Waals surface area contributed by atoms with Crippen LogP contribution in [0.15, 0.2) is 12.1 Å². The van der Waals surface area contributed by atoms with E-state index in [1.807, 2.05) is 0 Å². The lowest BCUT2D eigenvalue weighted by atomic mass is 9.81. The van der Waals surface area contributed by atoms with Gasteiger partial charge < -0.3 is 4.55 Å². The summed E-state index contributed by atoms with van der Waals surface area (Å²) in [5.41, 5.74) is 6.35. The van der Waals surface area contributed by atoms with Gasteiger partial charge in [0.05, 0.1) is 15.5 Å². The van der Waals surface area contributed by atoms with Crippen molar-refractivity contribution in [2.75, 3.05) is 12.3 Å². The van der Waals surface area contributed by atoms with Gasteiger partial charge in [0, 0.05) is 30.2 Å². The standard InChI is InChI=1S/C17H25NO3S/c1-12-10-13(2)16-15(11-12)17(4,5)14(3)18(16)8-6-7-9-22(19,20)21/h10-11H,6-9H2,1-5H3. The Morgan fingerprint density at radius 3 is 2.36 bits per heavy atom. The number of benzene rings is 1. The molecular weight excluding hydrogens is 298 g/mol. The van der Waals surface area contributed by atoms with E-state index in [0.29, 0.717) is 12.8 Å². The van der Waals surface area contributed by atoms with Crippen LogP contribution < -0.4 is 0 Å². The molecule has 0 fully saturated rings. The number of aryl methyl sites for hydroxylation is 2. The molecule has 0 aliphatic carbocycles. The van der Waals surface area contributed by atoms with Crippen LogP contribution in [0.3, 0.4) is 0 Å². The van der Waals surface area contributed by atoms with E-state index in [9.17, 15) is 13.0 Å². The molecule has 0 atom stereocenters. The van der Waals surface area contributed by atoms with Gasteiger partial charge in [0.1, 0.15) is 6.54 Å². The Kier molecular flexibility index (Phi) is 4.51. The van der Waals surface area contributed by atoms with Gasteiger partial charge in [-0.3, -0.25) is 0 Å². The quantitative estimate of drug-likeness (QED) is 0.475. The largest absolute Gasteiger partial charge is 0.748 e. The normalized spacial score (nSPS) is 17.0. The predicted molar refractivity (Wildman–Crippen MR) is 88.2 cm³/mol. The Hall–Kier alpha value is -1.20. The highest BCUT2D eigenvalue weighted by Crippen LogP contribution is 2.42. The Balaban J connectivity index is 2.27. The van der Waals surface area contributed by atoms with E-state index in [1.54, 1.807) is 0 Å². The second-order valence-electron chi connectivity index (χ2n) is 6.81. The molecule has 1 aromatic rings. The molecule has 0 spiro atoms. The minimum atomic E-state index is -4.11. The summed E-state index contributed by atoms with van der Waals surface area (Å²) in [7, 11) is -4.11. The lowest BCUT2D eigenvalue weighted by Crippen LogP contribution is -2.26. The topological polar surface area (TPSA) is 60.2 Å². The molecule has 1 aliphatic heterocycles. The van der Waals surface area contributed by atoms with Gasteiger partial charge in [-0.15, -0.1) is 0 Å². The third-order valence-corrected chi connectivity index (χ3v) is 5.51. The van der Waals surface area contributed by atoms with Crippen molar-refractivity contribution in [3.05, 3.63) is 28.8 Å². The van der Waals surface area contributed by atoms with Crippen molar-refractivity contribution < 1.29 is 17.5 Å². The number of fused-ring (bicyclic) bond motifs is 1. The van der Waals surface area contributed by atoms with Crippen molar-refractivity contribution >= 4 is 21.5 Å². The van der Waals surface area contributed by atoms with E-state index >= 15 is 0 Å². The van der Waals surface area contributed by atoms with E-state index in [-0.39, 0.29) is 11.2 Å². The first kappa shape index (κ1) is 17.2. The van der Waals surface area contributed by atoms with E-state index in [0.717, 1.165) is 6.54 Å². The van der Waals surface area contributed by atoms with E-state index in [1.165, 1.54) is 28.1 Å². The zero-order chi connectivity index (χ0) is 16.7. The molecule has 22 heavy (non-hydrogen) atoms.